The normalized spacial score (nSPS) is 12.6. The first-order valence-corrected chi connectivity index (χ1v) is 15.0. The molecule has 0 saturated carbocycles. The number of rotatable bonds is 26. The Hall–Kier alpha value is -1.10. The Morgan fingerprint density at radius 2 is 1.14 bits per heavy atom. The van der Waals surface area contributed by atoms with E-state index in [0.717, 1.165) is 36.8 Å². The molecule has 0 bridgehead atoms. The summed E-state index contributed by atoms with van der Waals surface area (Å²) in [7, 11) is 4.31. The number of hydrogen-bond donors (Lipinski definition) is 1. The predicted octanol–water partition coefficient (Wildman–Crippen LogP) is 8.29. The van der Waals surface area contributed by atoms with Gasteiger partial charge in [-0.3, -0.25) is 9.59 Å². The quantitative estimate of drug-likeness (QED) is 0.0740. The van der Waals surface area contributed by atoms with Gasteiger partial charge in [0.25, 0.3) is 0 Å². The minimum Gasteiger partial charge on any atom is -0.481 e. The molecular formula is C30H60NO4+. The lowest BCUT2D eigenvalue weighted by molar-refractivity contribution is -0.893. The summed E-state index contributed by atoms with van der Waals surface area (Å²) in [6, 6.07) is 0. The zero-order valence-electron chi connectivity index (χ0n) is 24.0. The minimum atomic E-state index is -0.728. The van der Waals surface area contributed by atoms with Gasteiger partial charge in [-0.15, -0.1) is 0 Å². The lowest BCUT2D eigenvalue weighted by atomic mass is 10.0. The van der Waals surface area contributed by atoms with E-state index in [2.05, 4.69) is 21.0 Å². The van der Waals surface area contributed by atoms with E-state index in [-0.39, 0.29) is 18.5 Å². The second-order valence-electron chi connectivity index (χ2n) is 11.3. The van der Waals surface area contributed by atoms with E-state index in [1.807, 2.05) is 6.92 Å². The Morgan fingerprint density at radius 3 is 1.57 bits per heavy atom. The van der Waals surface area contributed by atoms with Crippen LogP contribution in [-0.4, -0.2) is 54.8 Å². The Bertz CT molecular complexity index is 507. The summed E-state index contributed by atoms with van der Waals surface area (Å²) >= 11 is 0. The summed E-state index contributed by atoms with van der Waals surface area (Å²) in [5.41, 5.74) is 0. The molecular weight excluding hydrogens is 438 g/mol. The van der Waals surface area contributed by atoms with Crippen LogP contribution in [0.3, 0.4) is 0 Å². The summed E-state index contributed by atoms with van der Waals surface area (Å²) < 4.78 is 6.52. The third-order valence-corrected chi connectivity index (χ3v) is 7.07. The van der Waals surface area contributed by atoms with Crippen LogP contribution in [0.2, 0.25) is 0 Å². The van der Waals surface area contributed by atoms with Crippen molar-refractivity contribution in [1.29, 1.82) is 0 Å². The van der Waals surface area contributed by atoms with Gasteiger partial charge in [0.05, 0.1) is 20.6 Å². The van der Waals surface area contributed by atoms with E-state index in [1.54, 1.807) is 0 Å². The summed E-state index contributed by atoms with van der Waals surface area (Å²) in [4.78, 5) is 22.6. The van der Waals surface area contributed by atoms with E-state index in [9.17, 15) is 9.59 Å². The first kappa shape index (κ1) is 33.9. The molecule has 0 heterocycles. The van der Waals surface area contributed by atoms with Crippen molar-refractivity contribution >= 4 is 11.9 Å². The highest BCUT2D eigenvalue weighted by Gasteiger charge is 2.24. The van der Waals surface area contributed by atoms with Crippen molar-refractivity contribution in [2.45, 2.75) is 155 Å². The minimum absolute atomic E-state index is 0.0384. The molecule has 35 heavy (non-hydrogen) atoms. The van der Waals surface area contributed by atoms with Crippen molar-refractivity contribution in [3.05, 3.63) is 0 Å². The number of aliphatic carboxylic acids is 1. The van der Waals surface area contributed by atoms with E-state index in [0.29, 0.717) is 12.8 Å². The van der Waals surface area contributed by atoms with Crippen molar-refractivity contribution in [2.75, 3.05) is 27.2 Å². The molecule has 5 nitrogen and oxygen atoms in total. The molecule has 0 fully saturated rings. The number of likely N-dealkylation sites (N-methyl/N-ethyl adjacent to an activating group) is 1. The molecule has 1 unspecified atom stereocenters. The number of nitrogens with zero attached hydrogens (tertiary/aromatic N) is 1. The van der Waals surface area contributed by atoms with Crippen LogP contribution in [0.15, 0.2) is 0 Å². The highest BCUT2D eigenvalue weighted by atomic mass is 16.5. The highest BCUT2D eigenvalue weighted by Crippen LogP contribution is 2.17. The third-order valence-electron chi connectivity index (χ3n) is 7.07. The van der Waals surface area contributed by atoms with Gasteiger partial charge in [-0.2, -0.15) is 0 Å². The fourth-order valence-corrected chi connectivity index (χ4v) is 4.84. The van der Waals surface area contributed by atoms with Gasteiger partial charge in [-0.25, -0.2) is 0 Å². The zero-order chi connectivity index (χ0) is 26.2. The number of hydrogen-bond acceptors (Lipinski definition) is 3. The lowest BCUT2D eigenvalue weighted by Gasteiger charge is -2.33. The maximum Gasteiger partial charge on any atom is 0.305 e. The Morgan fingerprint density at radius 1 is 0.686 bits per heavy atom. The Labute approximate surface area is 218 Å². The van der Waals surface area contributed by atoms with Crippen LogP contribution >= 0.6 is 0 Å². The number of ether oxygens (including phenoxy) is 1. The molecule has 0 saturated heterocycles. The summed E-state index contributed by atoms with van der Waals surface area (Å²) in [5, 5.41) is 8.82. The second kappa shape index (κ2) is 23.3. The molecule has 5 heteroatoms. The molecule has 0 spiro atoms. The molecule has 208 valence electrons. The standard InChI is InChI=1S/C30H59NO4/c1-5-7-8-9-10-11-12-13-14-15-16-17-18-19-20-21-24-28(35-30(34)6-2)27-31(3,4)26-23-22-25-29(32)33/h28H,5-27H2,1-4H3/p+1. The average Bonchev–Trinajstić information content (AvgIpc) is 2.81. The monoisotopic (exact) mass is 498 g/mol. The van der Waals surface area contributed by atoms with Crippen molar-refractivity contribution in [3.63, 3.8) is 0 Å². The fourth-order valence-electron chi connectivity index (χ4n) is 4.84. The second-order valence-corrected chi connectivity index (χ2v) is 11.3. The summed E-state index contributed by atoms with van der Waals surface area (Å²) in [5.74, 6) is -0.842. The van der Waals surface area contributed by atoms with Crippen LogP contribution in [0.4, 0.5) is 0 Å². The van der Waals surface area contributed by atoms with Gasteiger partial charge in [-0.1, -0.05) is 110 Å². The maximum absolute atomic E-state index is 11.9. The number of quaternary nitrogens is 1. The molecule has 0 amide bonds. The summed E-state index contributed by atoms with van der Waals surface area (Å²) in [6.07, 6.45) is 24.9. The largest absolute Gasteiger partial charge is 0.481 e. The van der Waals surface area contributed by atoms with Crippen LogP contribution in [0.25, 0.3) is 0 Å². The number of unbranched alkanes of at least 4 members (excludes halogenated alkanes) is 16. The van der Waals surface area contributed by atoms with Gasteiger partial charge in [0.1, 0.15) is 6.54 Å². The molecule has 0 radical (unpaired) electrons. The molecule has 0 aromatic carbocycles. The van der Waals surface area contributed by atoms with E-state index >= 15 is 0 Å². The molecule has 0 aromatic heterocycles. The molecule has 0 aliphatic rings. The van der Waals surface area contributed by atoms with Crippen LogP contribution in [0.5, 0.6) is 0 Å². The fraction of sp³-hybridized carbons (Fsp3) is 0.933. The van der Waals surface area contributed by atoms with Gasteiger partial charge in [0, 0.05) is 12.8 Å². The molecule has 0 rings (SSSR count). The molecule has 1 N–H and O–H groups in total. The topological polar surface area (TPSA) is 63.6 Å². The van der Waals surface area contributed by atoms with Crippen molar-refractivity contribution in [1.82, 2.24) is 0 Å². The Kier molecular flexibility index (Phi) is 22.6. The Balaban J connectivity index is 3.85. The summed E-state index contributed by atoms with van der Waals surface area (Å²) in [6.45, 7) is 5.84. The van der Waals surface area contributed by atoms with Crippen molar-refractivity contribution in [3.8, 4) is 0 Å². The maximum atomic E-state index is 11.9. The van der Waals surface area contributed by atoms with Crippen LogP contribution in [-0.2, 0) is 14.3 Å². The molecule has 1 atom stereocenters. The van der Waals surface area contributed by atoms with Gasteiger partial charge >= 0.3 is 11.9 Å². The van der Waals surface area contributed by atoms with Gasteiger partial charge in [0.15, 0.2) is 6.10 Å². The lowest BCUT2D eigenvalue weighted by Crippen LogP contribution is -2.47. The molecule has 0 aliphatic heterocycles. The van der Waals surface area contributed by atoms with Gasteiger partial charge in [-0.05, 0) is 25.7 Å². The van der Waals surface area contributed by atoms with Crippen molar-refractivity contribution in [2.24, 2.45) is 0 Å². The van der Waals surface area contributed by atoms with E-state index in [1.165, 1.54) is 96.3 Å². The first-order chi connectivity index (χ1) is 16.8. The molecule has 0 aliphatic carbocycles. The predicted molar refractivity (Wildman–Crippen MR) is 148 cm³/mol. The van der Waals surface area contributed by atoms with Crippen LogP contribution in [0, 0.1) is 0 Å². The number of carbonyl (C=O) groups is 2. The number of carboxylic acid groups (broad SMARTS) is 1. The highest BCUT2D eigenvalue weighted by molar-refractivity contribution is 5.69. The first-order valence-electron chi connectivity index (χ1n) is 15.0. The van der Waals surface area contributed by atoms with Gasteiger partial charge < -0.3 is 14.3 Å². The van der Waals surface area contributed by atoms with Crippen LogP contribution in [0.1, 0.15) is 149 Å². The zero-order valence-corrected chi connectivity index (χ0v) is 24.0. The third kappa shape index (κ3) is 24.4. The number of carboxylic acids is 1. The molecule has 0 aromatic rings. The van der Waals surface area contributed by atoms with Crippen molar-refractivity contribution < 1.29 is 23.9 Å². The smallest absolute Gasteiger partial charge is 0.305 e. The average molecular weight is 499 g/mol. The SMILES string of the molecule is CCCCCCCCCCCCCCCCCCC(C[N+](C)(C)CCCCC(=O)O)OC(=O)CC. The van der Waals surface area contributed by atoms with Gasteiger partial charge in [0.2, 0.25) is 0 Å². The van der Waals surface area contributed by atoms with E-state index in [4.69, 9.17) is 9.84 Å². The number of carbonyl (C=O) groups excluding carboxylic acids is 1. The van der Waals surface area contributed by atoms with E-state index < -0.39 is 5.97 Å². The van der Waals surface area contributed by atoms with Crippen LogP contribution < -0.4 is 0 Å². The number of esters is 1.